The summed E-state index contributed by atoms with van der Waals surface area (Å²) in [4.78, 5) is 8.54. The number of aliphatic imine (C=N–C) groups is 1. The molecule has 37 heavy (non-hydrogen) atoms. The Labute approximate surface area is 219 Å². The number of nitrogens with two attached hydrogens (primary N) is 1. The summed E-state index contributed by atoms with van der Waals surface area (Å²) in [5, 5.41) is 6.39. The molecule has 0 amide bonds. The van der Waals surface area contributed by atoms with Crippen LogP contribution in [0.4, 0.5) is 11.4 Å². The number of aromatic nitrogens is 2. The second kappa shape index (κ2) is 11.9. The van der Waals surface area contributed by atoms with Crippen molar-refractivity contribution in [3.05, 3.63) is 96.9 Å². The van der Waals surface area contributed by atoms with Crippen molar-refractivity contribution < 1.29 is 8.42 Å². The second-order valence-corrected chi connectivity index (χ2v) is 11.4. The van der Waals surface area contributed by atoms with Gasteiger partial charge in [0, 0.05) is 47.7 Å². The zero-order valence-corrected chi connectivity index (χ0v) is 22.5. The van der Waals surface area contributed by atoms with E-state index in [2.05, 4.69) is 44.0 Å². The average Bonchev–Trinajstić information content (AvgIpc) is 3.34. The number of hydrogen-bond donors (Lipinski definition) is 4. The van der Waals surface area contributed by atoms with Gasteiger partial charge in [-0.3, -0.25) is 0 Å². The van der Waals surface area contributed by atoms with Crippen molar-refractivity contribution in [2.75, 3.05) is 17.2 Å². The quantitative estimate of drug-likeness (QED) is 0.169. The van der Waals surface area contributed by atoms with Crippen LogP contribution in [0.25, 0.3) is 0 Å². The van der Waals surface area contributed by atoms with E-state index in [-0.39, 0.29) is 4.90 Å². The first kappa shape index (κ1) is 27.7. The van der Waals surface area contributed by atoms with Gasteiger partial charge in [0.25, 0.3) is 0 Å². The van der Waals surface area contributed by atoms with Crippen molar-refractivity contribution in [3.63, 3.8) is 0 Å². The van der Waals surface area contributed by atoms with Crippen molar-refractivity contribution in [2.45, 2.75) is 44.7 Å². The smallest absolute Gasteiger partial charge is 0.241 e. The van der Waals surface area contributed by atoms with E-state index < -0.39 is 15.6 Å². The molecule has 0 fully saturated rings. The van der Waals surface area contributed by atoms with Crippen LogP contribution in [0.3, 0.4) is 0 Å². The normalized spacial score (nSPS) is 12.9. The van der Waals surface area contributed by atoms with E-state index in [1.165, 1.54) is 5.56 Å². The molecular formula is C27H35N7O2S. The molecule has 0 atom stereocenters. The number of anilines is 2. The molecule has 1 heterocycles. The fraction of sp³-hybridized carbons (Fsp3) is 0.259. The summed E-state index contributed by atoms with van der Waals surface area (Å²) in [6, 6.07) is 14.7. The van der Waals surface area contributed by atoms with E-state index in [1.54, 1.807) is 63.8 Å². The number of nitrogens with zero attached hydrogens (tertiary/aromatic N) is 3. The summed E-state index contributed by atoms with van der Waals surface area (Å²) in [6.07, 6.45) is 7.10. The first-order valence-electron chi connectivity index (χ1n) is 11.8. The minimum atomic E-state index is -3.64. The Bertz CT molecular complexity index is 1370. The van der Waals surface area contributed by atoms with Crippen molar-refractivity contribution in [2.24, 2.45) is 10.7 Å². The highest BCUT2D eigenvalue weighted by atomic mass is 32.2. The maximum absolute atomic E-state index is 12.6. The lowest BCUT2D eigenvalue weighted by Gasteiger charge is -2.20. The number of imidazole rings is 1. The maximum atomic E-state index is 12.6. The molecule has 2 aromatic carbocycles. The van der Waals surface area contributed by atoms with E-state index in [4.69, 9.17) is 5.73 Å². The number of allylic oxidation sites excluding steroid dienone is 1. The Morgan fingerprint density at radius 3 is 2.54 bits per heavy atom. The summed E-state index contributed by atoms with van der Waals surface area (Å²) in [7, 11) is -3.64. The maximum Gasteiger partial charge on any atom is 0.241 e. The van der Waals surface area contributed by atoms with Gasteiger partial charge in [-0.05, 0) is 69.2 Å². The molecule has 9 nitrogen and oxygen atoms in total. The molecule has 0 saturated heterocycles. The Morgan fingerprint density at radius 1 is 1.16 bits per heavy atom. The van der Waals surface area contributed by atoms with Gasteiger partial charge in [0.15, 0.2) is 0 Å². The van der Waals surface area contributed by atoms with Crippen LogP contribution in [0, 0.1) is 0 Å². The largest absolute Gasteiger partial charge is 0.386 e. The van der Waals surface area contributed by atoms with Gasteiger partial charge in [-0.25, -0.2) is 23.1 Å². The predicted octanol–water partition coefficient (Wildman–Crippen LogP) is 4.31. The van der Waals surface area contributed by atoms with Crippen molar-refractivity contribution in [1.29, 1.82) is 0 Å². The molecule has 1 aromatic heterocycles. The third-order valence-corrected chi connectivity index (χ3v) is 6.89. The first-order chi connectivity index (χ1) is 17.4. The number of amidine groups is 1. The highest BCUT2D eigenvalue weighted by Gasteiger charge is 2.22. The summed E-state index contributed by atoms with van der Waals surface area (Å²) >= 11 is 0. The molecule has 0 aliphatic heterocycles. The number of hydrogen-bond acceptors (Lipinski definition) is 6. The van der Waals surface area contributed by atoms with Crippen LogP contribution in [0.15, 0.2) is 101 Å². The predicted molar refractivity (Wildman–Crippen MR) is 151 cm³/mol. The molecule has 0 radical (unpaired) electrons. The van der Waals surface area contributed by atoms with Gasteiger partial charge in [0.1, 0.15) is 5.84 Å². The zero-order valence-electron chi connectivity index (χ0n) is 21.7. The van der Waals surface area contributed by atoms with Gasteiger partial charge < -0.3 is 20.9 Å². The van der Waals surface area contributed by atoms with Crippen LogP contribution in [-0.4, -0.2) is 35.9 Å². The summed E-state index contributed by atoms with van der Waals surface area (Å²) in [6.45, 7) is 12.4. The first-order valence-corrected chi connectivity index (χ1v) is 13.3. The molecule has 10 heteroatoms. The zero-order chi connectivity index (χ0) is 27.1. The Balaban J connectivity index is 1.54. The van der Waals surface area contributed by atoms with E-state index in [9.17, 15) is 8.42 Å². The summed E-state index contributed by atoms with van der Waals surface area (Å²) in [5.41, 5.74) is 9.54. The van der Waals surface area contributed by atoms with E-state index in [0.717, 1.165) is 17.8 Å². The summed E-state index contributed by atoms with van der Waals surface area (Å²) in [5.74, 6) is 0.413. The lowest BCUT2D eigenvalue weighted by molar-refractivity contribution is 0.491. The molecule has 3 rings (SSSR count). The van der Waals surface area contributed by atoms with Crippen LogP contribution < -0.4 is 21.1 Å². The van der Waals surface area contributed by atoms with Crippen molar-refractivity contribution in [1.82, 2.24) is 14.3 Å². The molecule has 3 aromatic rings. The number of nitrogens with one attached hydrogen (secondary N) is 3. The average molecular weight is 522 g/mol. The van der Waals surface area contributed by atoms with Gasteiger partial charge in [-0.15, -0.1) is 0 Å². The molecule has 0 saturated carbocycles. The van der Waals surface area contributed by atoms with Gasteiger partial charge in [0.2, 0.25) is 10.0 Å². The third kappa shape index (κ3) is 8.93. The Hall–Kier alpha value is -3.89. The second-order valence-electron chi connectivity index (χ2n) is 9.70. The monoisotopic (exact) mass is 521 g/mol. The molecule has 0 spiro atoms. The minimum Gasteiger partial charge on any atom is -0.386 e. The van der Waals surface area contributed by atoms with Crippen LogP contribution in [-0.2, 0) is 16.6 Å². The standard InChI is InChI=1S/C27H35N7O2S/c1-20(21(2)32-24-7-6-8-25(15-24)37(35,36)33-27(3,4)5)16-31-26(28)17-30-23-11-9-22(10-12-23)18-34-14-13-29-19-34/h6-16,19,30,32-33H,2,17-18H2,1,3-5H3,(H2,28,31)/b20-16-. The van der Waals surface area contributed by atoms with Gasteiger partial charge in [-0.1, -0.05) is 24.8 Å². The fourth-order valence-electron chi connectivity index (χ4n) is 3.29. The molecule has 196 valence electrons. The number of sulfonamides is 1. The van der Waals surface area contributed by atoms with Gasteiger partial charge in [0.05, 0.1) is 17.8 Å². The molecule has 5 N–H and O–H groups in total. The molecule has 0 aliphatic rings. The molecule has 0 unspecified atom stereocenters. The number of rotatable bonds is 11. The van der Waals surface area contributed by atoms with Crippen molar-refractivity contribution in [3.8, 4) is 0 Å². The Kier molecular flexibility index (Phi) is 8.90. The Morgan fingerprint density at radius 2 is 1.89 bits per heavy atom. The van der Waals surface area contributed by atoms with Gasteiger partial charge >= 0.3 is 0 Å². The van der Waals surface area contributed by atoms with E-state index >= 15 is 0 Å². The lowest BCUT2D eigenvalue weighted by Crippen LogP contribution is -2.40. The molecule has 0 bridgehead atoms. The topological polar surface area (TPSA) is 126 Å². The highest BCUT2D eigenvalue weighted by molar-refractivity contribution is 7.89. The van der Waals surface area contributed by atoms with Crippen LogP contribution >= 0.6 is 0 Å². The summed E-state index contributed by atoms with van der Waals surface area (Å²) < 4.78 is 29.9. The third-order valence-electron chi connectivity index (χ3n) is 5.13. The SMILES string of the molecule is C=C(Nc1cccc(S(=O)(=O)NC(C)(C)C)c1)/C(C)=C\N=C(N)CNc1ccc(Cn2ccnc2)cc1. The van der Waals surface area contributed by atoms with Gasteiger partial charge in [-0.2, -0.15) is 0 Å². The van der Waals surface area contributed by atoms with E-state index in [0.29, 0.717) is 23.8 Å². The fourth-order valence-corrected chi connectivity index (χ4v) is 4.75. The molecular weight excluding hydrogens is 486 g/mol. The van der Waals surface area contributed by atoms with Crippen LogP contribution in [0.5, 0.6) is 0 Å². The van der Waals surface area contributed by atoms with Crippen LogP contribution in [0.2, 0.25) is 0 Å². The lowest BCUT2D eigenvalue weighted by atomic mass is 10.1. The molecule has 0 aliphatic carbocycles. The van der Waals surface area contributed by atoms with Crippen molar-refractivity contribution >= 4 is 27.2 Å². The van der Waals surface area contributed by atoms with E-state index in [1.807, 2.05) is 29.8 Å². The number of benzene rings is 2. The van der Waals surface area contributed by atoms with Crippen LogP contribution in [0.1, 0.15) is 33.3 Å². The highest BCUT2D eigenvalue weighted by Crippen LogP contribution is 2.20. The minimum absolute atomic E-state index is 0.171.